The number of aromatic nitrogens is 2. The minimum atomic E-state index is -2.40. The molecule has 3 aromatic rings. The Kier molecular flexibility index (Phi) is 7.74. The Morgan fingerprint density at radius 2 is 1.97 bits per heavy atom. The van der Waals surface area contributed by atoms with Crippen molar-refractivity contribution < 1.29 is 23.3 Å². The summed E-state index contributed by atoms with van der Waals surface area (Å²) in [7, 11) is 0. The van der Waals surface area contributed by atoms with E-state index in [0.717, 1.165) is 29.7 Å². The first-order valence-electron chi connectivity index (χ1n) is 11.4. The highest BCUT2D eigenvalue weighted by Gasteiger charge is 2.25. The maximum atomic E-state index is 13.2. The number of benzene rings is 2. The van der Waals surface area contributed by atoms with Crippen LogP contribution < -0.4 is 20.8 Å². The third-order valence-corrected chi connectivity index (χ3v) is 6.57. The molecule has 184 valence electrons. The molecule has 1 aromatic heterocycles. The lowest BCUT2D eigenvalue weighted by Gasteiger charge is -2.30. The number of ether oxygens (including phenoxy) is 1. The van der Waals surface area contributed by atoms with Gasteiger partial charge in [-0.15, -0.1) is 0 Å². The molecule has 35 heavy (non-hydrogen) atoms. The Morgan fingerprint density at radius 1 is 1.23 bits per heavy atom. The Hall–Kier alpha value is -3.34. The number of carbonyl (C=O) groups excluding carboxylic acids is 1. The van der Waals surface area contributed by atoms with Crippen molar-refractivity contribution in [2.75, 3.05) is 31.9 Å². The monoisotopic (exact) mass is 495 g/mol. The van der Waals surface area contributed by atoms with Gasteiger partial charge in [-0.1, -0.05) is 29.2 Å². The Morgan fingerprint density at radius 3 is 2.71 bits per heavy atom. The SMILES string of the molecule is Cc1cccc(C)c1-c1cc(OC2CNCCCN(C(=O)c3cccc(S(=O)[O-])c3)C2)[nH+]c(N)n1. The van der Waals surface area contributed by atoms with Crippen LogP contribution in [0, 0.1) is 13.8 Å². The third-order valence-electron chi connectivity index (χ3n) is 5.93. The summed E-state index contributed by atoms with van der Waals surface area (Å²) in [5, 5.41) is 3.35. The molecule has 0 aliphatic carbocycles. The number of aryl methyl sites for hydroxylation is 2. The smallest absolute Gasteiger partial charge is 0.390 e. The molecule has 1 aliphatic heterocycles. The summed E-state index contributed by atoms with van der Waals surface area (Å²) in [5.41, 5.74) is 10.3. The van der Waals surface area contributed by atoms with Crippen molar-refractivity contribution in [1.82, 2.24) is 15.2 Å². The molecule has 4 N–H and O–H groups in total. The second-order valence-corrected chi connectivity index (χ2v) is 9.53. The molecule has 1 aliphatic rings. The van der Waals surface area contributed by atoms with Crippen LogP contribution in [0.25, 0.3) is 11.3 Å². The largest absolute Gasteiger partial charge is 0.768 e. The van der Waals surface area contributed by atoms with Crippen LogP contribution in [0.5, 0.6) is 5.88 Å². The first-order chi connectivity index (χ1) is 16.8. The van der Waals surface area contributed by atoms with E-state index in [4.69, 9.17) is 10.5 Å². The van der Waals surface area contributed by atoms with E-state index in [1.165, 1.54) is 12.1 Å². The number of hydrogen-bond donors (Lipinski definition) is 2. The van der Waals surface area contributed by atoms with Gasteiger partial charge in [0.05, 0.1) is 12.6 Å². The average molecular weight is 496 g/mol. The van der Waals surface area contributed by atoms with Gasteiger partial charge >= 0.3 is 5.95 Å². The lowest BCUT2D eigenvalue weighted by atomic mass is 10.00. The van der Waals surface area contributed by atoms with Crippen LogP contribution in [0.3, 0.4) is 0 Å². The van der Waals surface area contributed by atoms with Crippen LogP contribution in [0.15, 0.2) is 53.4 Å². The number of nitrogens with one attached hydrogen (secondary N) is 2. The topological polar surface area (TPSA) is 135 Å². The number of carbonyl (C=O) groups is 1. The van der Waals surface area contributed by atoms with Crippen molar-refractivity contribution in [3.63, 3.8) is 0 Å². The summed E-state index contributed by atoms with van der Waals surface area (Å²) >= 11 is -2.40. The maximum Gasteiger partial charge on any atom is 0.390 e. The Bertz CT molecular complexity index is 1230. The van der Waals surface area contributed by atoms with E-state index < -0.39 is 11.1 Å². The summed E-state index contributed by atoms with van der Waals surface area (Å²) in [5.74, 6) is 0.454. The van der Waals surface area contributed by atoms with Crippen molar-refractivity contribution in [3.05, 3.63) is 65.2 Å². The molecule has 0 spiro atoms. The molecular weight excluding hydrogens is 466 g/mol. The van der Waals surface area contributed by atoms with Crippen LogP contribution in [0.1, 0.15) is 27.9 Å². The van der Waals surface area contributed by atoms with Crippen molar-refractivity contribution in [2.45, 2.75) is 31.3 Å². The van der Waals surface area contributed by atoms with Gasteiger partial charge < -0.3 is 19.5 Å². The summed E-state index contributed by atoms with van der Waals surface area (Å²) in [6.45, 7) is 6.15. The molecule has 1 saturated heterocycles. The molecule has 9 nitrogen and oxygen atoms in total. The number of nitrogens with two attached hydrogens (primary N) is 1. The van der Waals surface area contributed by atoms with Gasteiger partial charge in [-0.25, -0.2) is 4.98 Å². The Labute approximate surface area is 207 Å². The summed E-state index contributed by atoms with van der Waals surface area (Å²) in [6, 6.07) is 13.9. The van der Waals surface area contributed by atoms with E-state index in [-0.39, 0.29) is 22.9 Å². The molecule has 1 fully saturated rings. The van der Waals surface area contributed by atoms with Gasteiger partial charge in [0.1, 0.15) is 6.10 Å². The fourth-order valence-electron chi connectivity index (χ4n) is 4.30. The quantitative estimate of drug-likeness (QED) is 0.516. The lowest BCUT2D eigenvalue weighted by molar-refractivity contribution is -0.383. The van der Waals surface area contributed by atoms with Crippen molar-refractivity contribution in [3.8, 4) is 17.1 Å². The fourth-order valence-corrected chi connectivity index (χ4v) is 4.72. The lowest BCUT2D eigenvalue weighted by Crippen LogP contribution is -2.48. The number of rotatable bonds is 5. The first kappa shape index (κ1) is 24.8. The first-order valence-corrected chi connectivity index (χ1v) is 12.5. The fraction of sp³-hybridized carbons (Fsp3) is 0.320. The molecule has 0 radical (unpaired) electrons. The van der Waals surface area contributed by atoms with Gasteiger partial charge in [-0.05, 0) is 67.2 Å². The highest BCUT2D eigenvalue weighted by atomic mass is 32.2. The number of hydrogen-bond acceptors (Lipinski definition) is 7. The molecular formula is C25H29N5O4S. The van der Waals surface area contributed by atoms with Crippen molar-refractivity contribution >= 4 is 22.9 Å². The number of nitrogens with zero attached hydrogens (tertiary/aromatic N) is 2. The highest BCUT2D eigenvalue weighted by molar-refractivity contribution is 7.79. The number of nitrogen functional groups attached to an aromatic ring is 1. The second-order valence-electron chi connectivity index (χ2n) is 8.59. The zero-order valence-electron chi connectivity index (χ0n) is 19.7. The third kappa shape index (κ3) is 6.02. The van der Waals surface area contributed by atoms with E-state index in [0.29, 0.717) is 36.8 Å². The van der Waals surface area contributed by atoms with Gasteiger partial charge in [-0.2, -0.15) is 0 Å². The van der Waals surface area contributed by atoms with E-state index in [1.807, 2.05) is 38.1 Å². The predicted molar refractivity (Wildman–Crippen MR) is 132 cm³/mol. The van der Waals surface area contributed by atoms with Crippen molar-refractivity contribution in [2.24, 2.45) is 0 Å². The number of aromatic amines is 1. The molecule has 2 aromatic carbocycles. The summed E-state index contributed by atoms with van der Waals surface area (Å²) < 4.78 is 28.9. The summed E-state index contributed by atoms with van der Waals surface area (Å²) in [4.78, 5) is 22.5. The van der Waals surface area contributed by atoms with E-state index in [9.17, 15) is 13.6 Å². The zero-order valence-corrected chi connectivity index (χ0v) is 20.6. The maximum absolute atomic E-state index is 13.2. The number of amides is 1. The molecule has 2 unspecified atom stereocenters. The minimum Gasteiger partial charge on any atom is -0.768 e. The van der Waals surface area contributed by atoms with Gasteiger partial charge in [0.2, 0.25) is 0 Å². The molecule has 0 bridgehead atoms. The van der Waals surface area contributed by atoms with E-state index >= 15 is 0 Å². The van der Waals surface area contributed by atoms with Crippen LogP contribution in [-0.4, -0.2) is 56.8 Å². The molecule has 2 atom stereocenters. The zero-order chi connectivity index (χ0) is 24.9. The average Bonchev–Trinajstić information content (AvgIpc) is 2.80. The van der Waals surface area contributed by atoms with Gasteiger partial charge in [0.25, 0.3) is 11.8 Å². The second kappa shape index (κ2) is 10.9. The van der Waals surface area contributed by atoms with Crippen molar-refractivity contribution in [1.29, 1.82) is 0 Å². The van der Waals surface area contributed by atoms with Crippen LogP contribution in [0.2, 0.25) is 0 Å². The van der Waals surface area contributed by atoms with E-state index in [1.54, 1.807) is 17.0 Å². The number of anilines is 1. The predicted octanol–water partition coefficient (Wildman–Crippen LogP) is 1.88. The van der Waals surface area contributed by atoms with Gasteiger partial charge in [0.15, 0.2) is 5.69 Å². The molecule has 0 saturated carbocycles. The molecule has 4 rings (SSSR count). The van der Waals surface area contributed by atoms with Crippen LogP contribution in [0.4, 0.5) is 5.95 Å². The van der Waals surface area contributed by atoms with Gasteiger partial charge in [-0.3, -0.25) is 14.7 Å². The van der Waals surface area contributed by atoms with Crippen LogP contribution >= 0.6 is 0 Å². The Balaban J connectivity index is 1.57. The van der Waals surface area contributed by atoms with E-state index in [2.05, 4.69) is 15.3 Å². The van der Waals surface area contributed by atoms with Crippen LogP contribution in [-0.2, 0) is 11.1 Å². The number of H-pyrrole nitrogens is 1. The summed E-state index contributed by atoms with van der Waals surface area (Å²) in [6.07, 6.45) is 0.413. The van der Waals surface area contributed by atoms with Gasteiger partial charge in [0, 0.05) is 29.1 Å². The molecule has 1 amide bonds. The minimum absolute atomic E-state index is 0.0817. The highest BCUT2D eigenvalue weighted by Crippen LogP contribution is 2.27. The molecule has 2 heterocycles. The standard InChI is InChI=1S/C25H29N5O4S/c1-16-6-3-7-17(2)23(16)21-13-22(29-25(26)28-21)34-19-14-27-10-5-11-30(15-19)24(31)18-8-4-9-20(12-18)35(32)33/h3-4,6-9,12-13,19,27H,5,10-11,14-15H2,1-2H3,(H,32,33)(H2,26,28,29). The normalized spacial score (nSPS) is 17.3. The molecule has 10 heteroatoms.